The fourth-order valence-corrected chi connectivity index (χ4v) is 4.72. The number of anilines is 2. The number of thioether (sulfide) groups is 2. The summed E-state index contributed by atoms with van der Waals surface area (Å²) in [5.74, 6) is 1.15. The van der Waals surface area contributed by atoms with Crippen LogP contribution >= 0.6 is 23.5 Å². The third kappa shape index (κ3) is 6.02. The lowest BCUT2D eigenvalue weighted by Gasteiger charge is -2.23. The minimum atomic E-state index is -0.587. The number of nitrogens with one attached hydrogen (secondary N) is 2. The molecule has 9 nitrogen and oxygen atoms in total. The Labute approximate surface area is 187 Å². The topological polar surface area (TPSA) is 128 Å². The SMILES string of the molecule is Cc1cc(NC(=O)[C@@H](C)SCC(=O)N2CSC[C@@H]2C(=O)Nc2ccc(C#N)cc2)no1. The lowest BCUT2D eigenvalue weighted by molar-refractivity contribution is -0.134. The highest BCUT2D eigenvalue weighted by Crippen LogP contribution is 2.24. The van der Waals surface area contributed by atoms with Gasteiger partial charge in [-0.25, -0.2) is 0 Å². The van der Waals surface area contributed by atoms with Crippen LogP contribution in [-0.2, 0) is 14.4 Å². The number of nitriles is 1. The van der Waals surface area contributed by atoms with Crippen LogP contribution in [0.5, 0.6) is 0 Å². The average Bonchev–Trinajstić information content (AvgIpc) is 3.41. The molecule has 3 rings (SSSR count). The van der Waals surface area contributed by atoms with E-state index in [2.05, 4.69) is 15.8 Å². The molecule has 0 unspecified atom stereocenters. The van der Waals surface area contributed by atoms with Crippen molar-refractivity contribution >= 4 is 52.8 Å². The Kier molecular flexibility index (Phi) is 7.59. The predicted octanol–water partition coefficient (Wildman–Crippen LogP) is 2.46. The summed E-state index contributed by atoms with van der Waals surface area (Å²) in [5.41, 5.74) is 1.07. The van der Waals surface area contributed by atoms with Gasteiger partial charge in [-0.05, 0) is 38.1 Å². The third-order valence-electron chi connectivity index (χ3n) is 4.49. The number of carbonyl (C=O) groups excluding carboxylic acids is 3. The number of hydrogen-bond acceptors (Lipinski definition) is 8. The minimum Gasteiger partial charge on any atom is -0.360 e. The van der Waals surface area contributed by atoms with E-state index < -0.39 is 11.3 Å². The zero-order valence-corrected chi connectivity index (χ0v) is 18.6. The molecule has 2 aromatic rings. The van der Waals surface area contributed by atoms with E-state index in [-0.39, 0.29) is 23.5 Å². The van der Waals surface area contributed by atoms with Crippen molar-refractivity contribution in [3.05, 3.63) is 41.7 Å². The Morgan fingerprint density at radius 3 is 2.74 bits per heavy atom. The molecule has 3 amide bonds. The molecule has 2 N–H and O–H groups in total. The number of benzene rings is 1. The maximum Gasteiger partial charge on any atom is 0.248 e. The molecule has 31 heavy (non-hydrogen) atoms. The van der Waals surface area contributed by atoms with Gasteiger partial charge in [0.15, 0.2) is 5.82 Å². The number of hydrogen-bond donors (Lipinski definition) is 2. The van der Waals surface area contributed by atoms with Gasteiger partial charge in [0.2, 0.25) is 17.7 Å². The first kappa shape index (κ1) is 22.7. The molecular weight excluding hydrogens is 438 g/mol. The molecule has 0 radical (unpaired) electrons. The van der Waals surface area contributed by atoms with Crippen LogP contribution in [0.4, 0.5) is 11.5 Å². The number of rotatable bonds is 7. The number of aromatic nitrogens is 1. The smallest absolute Gasteiger partial charge is 0.248 e. The quantitative estimate of drug-likeness (QED) is 0.646. The monoisotopic (exact) mass is 459 g/mol. The molecule has 1 aromatic carbocycles. The van der Waals surface area contributed by atoms with E-state index in [0.717, 1.165) is 0 Å². The van der Waals surface area contributed by atoms with E-state index in [4.69, 9.17) is 9.78 Å². The standard InChI is InChI=1S/C20H21N5O4S2/c1-12-7-17(24-29-12)23-19(27)13(2)31-10-18(26)25-11-30-9-16(25)20(28)22-15-5-3-14(8-21)4-6-15/h3-7,13,16H,9-11H2,1-2H3,(H,22,28)(H,23,24,27)/t13-,16-/m1/s1. The highest BCUT2D eigenvalue weighted by Gasteiger charge is 2.35. The largest absolute Gasteiger partial charge is 0.360 e. The van der Waals surface area contributed by atoms with Gasteiger partial charge in [-0.15, -0.1) is 23.5 Å². The van der Waals surface area contributed by atoms with Gasteiger partial charge in [0, 0.05) is 17.5 Å². The van der Waals surface area contributed by atoms with Crippen LogP contribution in [0.25, 0.3) is 0 Å². The first-order chi connectivity index (χ1) is 14.9. The van der Waals surface area contributed by atoms with Crippen molar-refractivity contribution in [1.82, 2.24) is 10.1 Å². The van der Waals surface area contributed by atoms with E-state index in [9.17, 15) is 14.4 Å². The Morgan fingerprint density at radius 2 is 2.10 bits per heavy atom. The first-order valence-electron chi connectivity index (χ1n) is 9.41. The van der Waals surface area contributed by atoms with Gasteiger partial charge >= 0.3 is 0 Å². The van der Waals surface area contributed by atoms with Crippen LogP contribution in [0.3, 0.4) is 0 Å². The van der Waals surface area contributed by atoms with Gasteiger partial charge in [0.1, 0.15) is 11.8 Å². The Hall–Kier alpha value is -2.97. The molecule has 2 atom stereocenters. The second-order valence-corrected chi connectivity index (χ2v) is 9.15. The van der Waals surface area contributed by atoms with E-state index in [1.54, 1.807) is 44.2 Å². The van der Waals surface area contributed by atoms with Gasteiger partial charge in [0.05, 0.1) is 28.5 Å². The summed E-state index contributed by atoms with van der Waals surface area (Å²) >= 11 is 2.70. The molecule has 1 aliphatic heterocycles. The molecule has 11 heteroatoms. The van der Waals surface area contributed by atoms with Gasteiger partial charge in [-0.1, -0.05) is 5.16 Å². The lowest BCUT2D eigenvalue weighted by Crippen LogP contribution is -2.45. The van der Waals surface area contributed by atoms with Crippen LogP contribution in [0.1, 0.15) is 18.2 Å². The summed E-state index contributed by atoms with van der Waals surface area (Å²) in [4.78, 5) is 39.1. The third-order valence-corrected chi connectivity index (χ3v) is 6.63. The Bertz CT molecular complexity index is 1000. The Morgan fingerprint density at radius 1 is 1.35 bits per heavy atom. The molecular formula is C20H21N5O4S2. The maximum atomic E-state index is 12.7. The second kappa shape index (κ2) is 10.4. The van der Waals surface area contributed by atoms with Gasteiger partial charge < -0.3 is 20.1 Å². The van der Waals surface area contributed by atoms with Crippen molar-refractivity contribution in [2.24, 2.45) is 0 Å². The summed E-state index contributed by atoms with van der Waals surface area (Å²) in [6.45, 7) is 3.43. The highest BCUT2D eigenvalue weighted by atomic mass is 32.2. The van der Waals surface area contributed by atoms with E-state index in [1.807, 2.05) is 6.07 Å². The number of amides is 3. The number of aryl methyl sites for hydroxylation is 1. The molecule has 1 aromatic heterocycles. The normalized spacial score (nSPS) is 16.4. The molecule has 1 fully saturated rings. The lowest BCUT2D eigenvalue weighted by atomic mass is 10.2. The van der Waals surface area contributed by atoms with Crippen molar-refractivity contribution in [2.75, 3.05) is 28.0 Å². The van der Waals surface area contributed by atoms with Crippen molar-refractivity contribution < 1.29 is 18.9 Å². The van der Waals surface area contributed by atoms with E-state index >= 15 is 0 Å². The van der Waals surface area contributed by atoms with Gasteiger partial charge in [-0.3, -0.25) is 14.4 Å². The van der Waals surface area contributed by atoms with Crippen molar-refractivity contribution in [3.63, 3.8) is 0 Å². The van der Waals surface area contributed by atoms with E-state index in [0.29, 0.717) is 34.5 Å². The second-order valence-electron chi connectivity index (χ2n) is 6.82. The fraction of sp³-hybridized carbons (Fsp3) is 0.350. The molecule has 1 aliphatic rings. The van der Waals surface area contributed by atoms with Gasteiger partial charge in [-0.2, -0.15) is 5.26 Å². The molecule has 162 valence electrons. The fourth-order valence-electron chi connectivity index (χ4n) is 2.77. The summed E-state index contributed by atoms with van der Waals surface area (Å²) in [6, 6.07) is 9.58. The van der Waals surface area contributed by atoms with Crippen LogP contribution in [0.15, 0.2) is 34.9 Å². The summed E-state index contributed by atoms with van der Waals surface area (Å²) < 4.78 is 4.91. The zero-order chi connectivity index (χ0) is 22.4. The molecule has 0 aliphatic carbocycles. The molecule has 0 spiro atoms. The molecule has 0 bridgehead atoms. The van der Waals surface area contributed by atoms with Crippen LogP contribution in [0, 0.1) is 18.3 Å². The number of carbonyl (C=O) groups is 3. The average molecular weight is 460 g/mol. The summed E-state index contributed by atoms with van der Waals surface area (Å²) in [5, 5.41) is 17.5. The summed E-state index contributed by atoms with van der Waals surface area (Å²) in [6.07, 6.45) is 0. The van der Waals surface area contributed by atoms with Gasteiger partial charge in [0.25, 0.3) is 0 Å². The van der Waals surface area contributed by atoms with Crippen molar-refractivity contribution in [3.8, 4) is 6.07 Å². The molecule has 2 heterocycles. The first-order valence-corrected chi connectivity index (χ1v) is 11.6. The van der Waals surface area contributed by atoms with Crippen molar-refractivity contribution in [1.29, 1.82) is 5.26 Å². The maximum absolute atomic E-state index is 12.7. The highest BCUT2D eigenvalue weighted by molar-refractivity contribution is 8.01. The predicted molar refractivity (Wildman–Crippen MR) is 120 cm³/mol. The Balaban J connectivity index is 1.50. The van der Waals surface area contributed by atoms with Crippen LogP contribution in [-0.4, -0.2) is 56.5 Å². The van der Waals surface area contributed by atoms with Crippen LogP contribution in [0.2, 0.25) is 0 Å². The minimum absolute atomic E-state index is 0.0770. The molecule has 1 saturated heterocycles. The molecule has 0 saturated carbocycles. The summed E-state index contributed by atoms with van der Waals surface area (Å²) in [7, 11) is 0. The zero-order valence-electron chi connectivity index (χ0n) is 17.0. The number of nitrogens with zero attached hydrogens (tertiary/aromatic N) is 3. The van der Waals surface area contributed by atoms with E-state index in [1.165, 1.54) is 28.4 Å². The van der Waals surface area contributed by atoms with Crippen molar-refractivity contribution in [2.45, 2.75) is 25.1 Å². The van der Waals surface area contributed by atoms with Crippen LogP contribution < -0.4 is 10.6 Å².